The Morgan fingerprint density at radius 1 is 0.750 bits per heavy atom. The van der Waals surface area contributed by atoms with Gasteiger partial charge in [0.05, 0.1) is 0 Å². The lowest BCUT2D eigenvalue weighted by molar-refractivity contribution is 0.135. The molecule has 2 heteroatoms. The zero-order valence-corrected chi connectivity index (χ0v) is 21.4. The number of fused-ring (bicyclic) bond motifs is 3. The second-order valence-electron chi connectivity index (χ2n) is 11.3. The lowest BCUT2D eigenvalue weighted by Crippen LogP contribution is -2.33. The lowest BCUT2D eigenvalue weighted by atomic mass is 9.71. The van der Waals surface area contributed by atoms with E-state index < -0.39 is 7.92 Å². The average molecular weight is 443 g/mol. The third-order valence-corrected chi connectivity index (χ3v) is 10.5. The van der Waals surface area contributed by atoms with Crippen LogP contribution in [0.15, 0.2) is 66.7 Å². The molecule has 1 heterocycles. The Morgan fingerprint density at radius 2 is 1.25 bits per heavy atom. The zero-order chi connectivity index (χ0) is 22.9. The van der Waals surface area contributed by atoms with E-state index in [-0.39, 0.29) is 16.4 Å². The van der Waals surface area contributed by atoms with Gasteiger partial charge in [-0.15, -0.1) is 0 Å². The maximum Gasteiger partial charge on any atom is 0.127 e. The van der Waals surface area contributed by atoms with Crippen molar-refractivity contribution in [2.75, 3.05) is 0 Å². The van der Waals surface area contributed by atoms with Crippen molar-refractivity contribution >= 4 is 23.8 Å². The summed E-state index contributed by atoms with van der Waals surface area (Å²) in [6.45, 7) is 16.6. The molecule has 1 aliphatic heterocycles. The molecule has 166 valence electrons. The molecule has 0 spiro atoms. The fourth-order valence-corrected chi connectivity index (χ4v) is 8.79. The van der Waals surface area contributed by atoms with Crippen molar-refractivity contribution in [2.45, 2.75) is 71.3 Å². The van der Waals surface area contributed by atoms with Gasteiger partial charge in [-0.1, -0.05) is 95.3 Å². The van der Waals surface area contributed by atoms with Crippen molar-refractivity contribution in [3.05, 3.63) is 83.4 Å². The van der Waals surface area contributed by atoms with E-state index in [1.165, 1.54) is 38.4 Å². The van der Waals surface area contributed by atoms with Gasteiger partial charge in [0.25, 0.3) is 0 Å². The summed E-state index contributed by atoms with van der Waals surface area (Å²) in [7, 11) is -0.661. The van der Waals surface area contributed by atoms with Crippen molar-refractivity contribution in [1.82, 2.24) is 0 Å². The minimum Gasteiger partial charge on any atom is -0.487 e. The number of rotatable bonds is 3. The van der Waals surface area contributed by atoms with Crippen LogP contribution >= 0.6 is 7.92 Å². The third-order valence-electron chi connectivity index (χ3n) is 8.05. The highest BCUT2D eigenvalue weighted by Gasteiger charge is 2.54. The van der Waals surface area contributed by atoms with Crippen molar-refractivity contribution < 1.29 is 4.74 Å². The van der Waals surface area contributed by atoms with Gasteiger partial charge in [0.1, 0.15) is 11.4 Å². The Kier molecular flexibility index (Phi) is 4.88. The Labute approximate surface area is 195 Å². The van der Waals surface area contributed by atoms with E-state index in [1.54, 1.807) is 0 Å². The molecular weight excluding hydrogens is 407 g/mol. The normalized spacial score (nSPS) is 21.8. The summed E-state index contributed by atoms with van der Waals surface area (Å²) in [5.41, 5.74) is 4.37. The largest absolute Gasteiger partial charge is 0.487 e. The Balaban J connectivity index is 1.87. The van der Waals surface area contributed by atoms with Gasteiger partial charge >= 0.3 is 0 Å². The number of ether oxygens (including phenoxy) is 1. The van der Waals surface area contributed by atoms with Gasteiger partial charge in [0.2, 0.25) is 0 Å². The van der Waals surface area contributed by atoms with Crippen LogP contribution in [0, 0.1) is 5.92 Å². The summed E-state index contributed by atoms with van der Waals surface area (Å²) < 4.78 is 6.67. The molecule has 2 aliphatic rings. The Hall–Kier alpha value is -2.11. The zero-order valence-electron chi connectivity index (χ0n) is 20.5. The van der Waals surface area contributed by atoms with Crippen LogP contribution in [0.4, 0.5) is 0 Å². The molecule has 1 atom stereocenters. The molecule has 0 amide bonds. The van der Waals surface area contributed by atoms with Crippen LogP contribution in [0.2, 0.25) is 0 Å². The fourth-order valence-electron chi connectivity index (χ4n) is 6.08. The van der Waals surface area contributed by atoms with Crippen LogP contribution in [-0.2, 0) is 17.3 Å². The van der Waals surface area contributed by atoms with Crippen LogP contribution in [0.25, 0.3) is 0 Å². The molecule has 0 saturated heterocycles. The lowest BCUT2D eigenvalue weighted by Gasteiger charge is -2.34. The molecule has 0 bridgehead atoms. The van der Waals surface area contributed by atoms with E-state index in [4.69, 9.17) is 4.74 Å². The quantitative estimate of drug-likeness (QED) is 0.429. The second kappa shape index (κ2) is 7.19. The Bertz CT molecular complexity index is 1120. The first-order chi connectivity index (χ1) is 15.0. The standard InChI is InChI=1S/C30H35OP/c1-20-29(4,5)25-24(18-21-19-28(2,3)31-27(21)26(25)30(20,6)7)32(22-14-10-8-11-15-22)23-16-12-9-13-17-23/h8-18,20H,19H2,1-7H3. The topological polar surface area (TPSA) is 9.23 Å². The van der Waals surface area contributed by atoms with Crippen LogP contribution in [-0.4, -0.2) is 5.60 Å². The van der Waals surface area contributed by atoms with Gasteiger partial charge in [0, 0.05) is 12.0 Å². The van der Waals surface area contributed by atoms with Crippen LogP contribution in [0.5, 0.6) is 5.75 Å². The molecule has 32 heavy (non-hydrogen) atoms. The predicted octanol–water partition coefficient (Wildman–Crippen LogP) is 6.36. The molecule has 3 aromatic rings. The van der Waals surface area contributed by atoms with Crippen molar-refractivity contribution in [3.8, 4) is 5.75 Å². The average Bonchev–Trinajstić information content (AvgIpc) is 3.13. The first kappa shape index (κ1) is 21.7. The Morgan fingerprint density at radius 3 is 1.78 bits per heavy atom. The summed E-state index contributed by atoms with van der Waals surface area (Å²) in [6.07, 6.45) is 0.972. The molecule has 3 aromatic carbocycles. The smallest absolute Gasteiger partial charge is 0.127 e. The van der Waals surface area contributed by atoms with Gasteiger partial charge in [-0.05, 0) is 71.6 Å². The van der Waals surface area contributed by atoms with E-state index in [1.807, 2.05) is 0 Å². The van der Waals surface area contributed by atoms with Gasteiger partial charge in [0.15, 0.2) is 0 Å². The number of hydrogen-bond donors (Lipinski definition) is 0. The highest BCUT2D eigenvalue weighted by atomic mass is 31.1. The van der Waals surface area contributed by atoms with E-state index in [9.17, 15) is 0 Å². The van der Waals surface area contributed by atoms with E-state index in [0.29, 0.717) is 5.92 Å². The highest BCUT2D eigenvalue weighted by molar-refractivity contribution is 7.80. The summed E-state index contributed by atoms with van der Waals surface area (Å²) in [5, 5.41) is 4.36. The summed E-state index contributed by atoms with van der Waals surface area (Å²) in [5.74, 6) is 1.69. The molecule has 5 rings (SSSR count). The molecule has 0 saturated carbocycles. The first-order valence-electron chi connectivity index (χ1n) is 11.8. The fraction of sp³-hybridized carbons (Fsp3) is 0.400. The van der Waals surface area contributed by atoms with Gasteiger partial charge in [-0.3, -0.25) is 0 Å². The number of hydrogen-bond acceptors (Lipinski definition) is 1. The third kappa shape index (κ3) is 3.16. The second-order valence-corrected chi connectivity index (χ2v) is 13.5. The highest BCUT2D eigenvalue weighted by Crippen LogP contribution is 2.60. The first-order valence-corrected chi connectivity index (χ1v) is 13.2. The molecule has 0 N–H and O–H groups in total. The van der Waals surface area contributed by atoms with E-state index >= 15 is 0 Å². The minimum absolute atomic E-state index is 0.0632. The molecular formula is C30H35OP. The molecule has 0 fully saturated rings. The van der Waals surface area contributed by atoms with Crippen molar-refractivity contribution in [1.29, 1.82) is 0 Å². The van der Waals surface area contributed by atoms with Gasteiger partial charge in [-0.2, -0.15) is 0 Å². The minimum atomic E-state index is -0.661. The van der Waals surface area contributed by atoms with Gasteiger partial charge < -0.3 is 4.74 Å². The van der Waals surface area contributed by atoms with E-state index in [0.717, 1.165) is 6.42 Å². The maximum absolute atomic E-state index is 6.67. The monoisotopic (exact) mass is 442 g/mol. The van der Waals surface area contributed by atoms with Gasteiger partial charge in [-0.25, -0.2) is 0 Å². The SMILES string of the molecule is CC1C(C)(C)c2c(P(c3ccccc3)c3ccccc3)cc3c(c2C1(C)C)OC(C)(C)C3. The van der Waals surface area contributed by atoms with Crippen molar-refractivity contribution in [3.63, 3.8) is 0 Å². The summed E-state index contributed by atoms with van der Waals surface area (Å²) >= 11 is 0. The molecule has 0 radical (unpaired) electrons. The van der Waals surface area contributed by atoms with E-state index in [2.05, 4.69) is 115 Å². The van der Waals surface area contributed by atoms with Crippen LogP contribution < -0.4 is 20.7 Å². The van der Waals surface area contributed by atoms with Crippen LogP contribution in [0.1, 0.15) is 65.2 Å². The predicted molar refractivity (Wildman–Crippen MR) is 139 cm³/mol. The molecule has 1 unspecified atom stereocenters. The summed E-state index contributed by atoms with van der Waals surface area (Å²) in [4.78, 5) is 0. The molecule has 1 nitrogen and oxygen atoms in total. The molecule has 0 aromatic heterocycles. The van der Waals surface area contributed by atoms with Crippen LogP contribution in [0.3, 0.4) is 0 Å². The maximum atomic E-state index is 6.67. The van der Waals surface area contributed by atoms with Crippen molar-refractivity contribution in [2.24, 2.45) is 5.92 Å². The molecule has 1 aliphatic carbocycles. The summed E-state index contributed by atoms with van der Waals surface area (Å²) in [6, 6.07) is 24.8. The number of benzene rings is 3.